The molecule has 5 rings (SSSR count). The number of aromatic hydroxyl groups is 1. The lowest BCUT2D eigenvalue weighted by Gasteiger charge is -2.60. The Hall–Kier alpha value is -1.36. The summed E-state index contributed by atoms with van der Waals surface area (Å²) in [5.41, 5.74) is 4.55. The van der Waals surface area contributed by atoms with Gasteiger partial charge in [0.1, 0.15) is 5.75 Å². The van der Waals surface area contributed by atoms with Crippen LogP contribution in [0.4, 0.5) is 0 Å². The highest BCUT2D eigenvalue weighted by molar-refractivity contribution is 8.93. The molecule has 0 aromatic heterocycles. The van der Waals surface area contributed by atoms with E-state index >= 15 is 0 Å². The summed E-state index contributed by atoms with van der Waals surface area (Å²) in [5.74, 6) is 0.433. The van der Waals surface area contributed by atoms with Crippen LogP contribution in [0.25, 0.3) is 0 Å². The molecule has 1 aliphatic carbocycles. The van der Waals surface area contributed by atoms with E-state index in [4.69, 9.17) is 0 Å². The number of phenolic OH excluding ortho intramolecular Hbond substituents is 1. The topological polar surface area (TPSA) is 26.7 Å². The van der Waals surface area contributed by atoms with Crippen LogP contribution in [0, 0.1) is 0 Å². The fourth-order valence-corrected chi connectivity index (χ4v) is 5.74. The van der Waals surface area contributed by atoms with Crippen LogP contribution in [0.5, 0.6) is 5.75 Å². The zero-order valence-corrected chi connectivity index (χ0v) is 17.5. The maximum absolute atomic E-state index is 10.1. The number of rotatable bonds is 3. The van der Waals surface area contributed by atoms with Crippen molar-refractivity contribution in [3.8, 4) is 5.75 Å². The molecular formula is C23H29BrN2O. The molecule has 3 atom stereocenters. The third-order valence-electron chi connectivity index (χ3n) is 6.99. The van der Waals surface area contributed by atoms with Gasteiger partial charge in [0.15, 0.2) is 0 Å². The minimum absolute atomic E-state index is 0. The molecule has 2 fully saturated rings. The smallest absolute Gasteiger partial charge is 0.115 e. The molecule has 2 aliphatic heterocycles. The van der Waals surface area contributed by atoms with Crippen LogP contribution in [0.15, 0.2) is 48.5 Å². The molecule has 1 N–H and O–H groups in total. The van der Waals surface area contributed by atoms with Crippen LogP contribution >= 0.6 is 17.0 Å². The Labute approximate surface area is 172 Å². The van der Waals surface area contributed by atoms with Crippen LogP contribution in [-0.4, -0.2) is 34.3 Å². The fraction of sp³-hybridized carbons (Fsp3) is 0.478. The number of fused-ring (bicyclic) bond motifs is 1. The highest BCUT2D eigenvalue weighted by Gasteiger charge is 2.52. The number of hydrogen-bond donors (Lipinski definition) is 1. The summed E-state index contributed by atoms with van der Waals surface area (Å²) in [7, 11) is 0. The van der Waals surface area contributed by atoms with E-state index in [1.165, 1.54) is 48.8 Å². The molecule has 3 nitrogen and oxygen atoms in total. The highest BCUT2D eigenvalue weighted by atomic mass is 79.9. The van der Waals surface area contributed by atoms with Crippen molar-refractivity contribution in [2.45, 2.75) is 56.5 Å². The van der Waals surface area contributed by atoms with E-state index in [2.05, 4.69) is 52.5 Å². The van der Waals surface area contributed by atoms with Gasteiger partial charge in [0.25, 0.3) is 0 Å². The van der Waals surface area contributed by atoms with E-state index in [1.807, 2.05) is 6.07 Å². The van der Waals surface area contributed by atoms with E-state index in [0.29, 0.717) is 11.8 Å². The molecular weight excluding hydrogens is 400 g/mol. The maximum atomic E-state index is 10.1. The predicted octanol–water partition coefficient (Wildman–Crippen LogP) is 4.83. The number of phenols is 1. The van der Waals surface area contributed by atoms with Crippen molar-refractivity contribution in [2.75, 3.05) is 13.1 Å². The lowest BCUT2D eigenvalue weighted by Crippen LogP contribution is -2.66. The molecule has 1 saturated carbocycles. The molecule has 1 saturated heterocycles. The second kappa shape index (κ2) is 7.57. The number of halogens is 1. The normalized spacial score (nSPS) is 29.3. The van der Waals surface area contributed by atoms with Crippen LogP contribution in [0.2, 0.25) is 0 Å². The van der Waals surface area contributed by atoms with Crippen LogP contribution in [-0.2, 0) is 18.4 Å². The van der Waals surface area contributed by atoms with E-state index < -0.39 is 0 Å². The van der Waals surface area contributed by atoms with Gasteiger partial charge in [0.05, 0.1) is 0 Å². The first kappa shape index (κ1) is 19.0. The van der Waals surface area contributed by atoms with Gasteiger partial charge in [-0.3, -0.25) is 0 Å². The summed E-state index contributed by atoms with van der Waals surface area (Å²) in [6, 6.07) is 17.6. The average Bonchev–Trinajstić information content (AvgIpc) is 2.69. The van der Waals surface area contributed by atoms with Gasteiger partial charge in [-0.05, 0) is 54.5 Å². The zero-order valence-electron chi connectivity index (χ0n) is 15.8. The predicted molar refractivity (Wildman–Crippen MR) is 114 cm³/mol. The minimum atomic E-state index is 0. The summed E-state index contributed by atoms with van der Waals surface area (Å²) < 4.78 is 0. The van der Waals surface area contributed by atoms with E-state index in [-0.39, 0.29) is 22.4 Å². The summed E-state index contributed by atoms with van der Waals surface area (Å²) in [4.78, 5) is 0. The Morgan fingerprint density at radius 2 is 1.89 bits per heavy atom. The molecule has 2 heterocycles. The average molecular weight is 429 g/mol. The van der Waals surface area contributed by atoms with Crippen molar-refractivity contribution in [3.05, 3.63) is 65.2 Å². The second-order valence-corrected chi connectivity index (χ2v) is 8.30. The first-order chi connectivity index (χ1) is 12.8. The molecule has 2 aromatic carbocycles. The van der Waals surface area contributed by atoms with Gasteiger partial charge in [0, 0.05) is 31.1 Å². The Balaban J connectivity index is 0.00000180. The van der Waals surface area contributed by atoms with E-state index in [1.54, 1.807) is 0 Å². The molecule has 0 amide bonds. The van der Waals surface area contributed by atoms with Crippen molar-refractivity contribution in [2.24, 2.45) is 0 Å². The van der Waals surface area contributed by atoms with Gasteiger partial charge in [-0.15, -0.1) is 17.0 Å². The van der Waals surface area contributed by atoms with Gasteiger partial charge in [0.2, 0.25) is 0 Å². The van der Waals surface area contributed by atoms with Crippen LogP contribution in [0.1, 0.15) is 48.8 Å². The van der Waals surface area contributed by atoms with Crippen molar-refractivity contribution >= 4 is 17.0 Å². The summed E-state index contributed by atoms with van der Waals surface area (Å²) in [6.07, 6.45) is 7.56. The SMILES string of the molecule is Br.Oc1ccc2c(c1)[C@@]13CCCC[C@H]1N(C2)N(CCc1ccccc1)CC3. The number of nitrogens with zero attached hydrogens (tertiary/aromatic N) is 2. The second-order valence-electron chi connectivity index (χ2n) is 8.30. The molecule has 1 unspecified atom stereocenters. The maximum Gasteiger partial charge on any atom is 0.115 e. The van der Waals surface area contributed by atoms with E-state index in [9.17, 15) is 5.11 Å². The van der Waals surface area contributed by atoms with Crippen LogP contribution in [0.3, 0.4) is 0 Å². The van der Waals surface area contributed by atoms with Crippen molar-refractivity contribution < 1.29 is 5.11 Å². The molecule has 144 valence electrons. The summed E-state index contributed by atoms with van der Waals surface area (Å²) in [6.45, 7) is 3.24. The Bertz CT molecular complexity index is 796. The Morgan fingerprint density at radius 3 is 2.74 bits per heavy atom. The Morgan fingerprint density at radius 1 is 1.04 bits per heavy atom. The lowest BCUT2D eigenvalue weighted by molar-refractivity contribution is -0.152. The van der Waals surface area contributed by atoms with Gasteiger partial charge >= 0.3 is 0 Å². The summed E-state index contributed by atoms with van der Waals surface area (Å²) in [5, 5.41) is 15.4. The number of hydrogen-bond acceptors (Lipinski definition) is 3. The minimum Gasteiger partial charge on any atom is -0.508 e. The molecule has 2 bridgehead atoms. The zero-order chi connectivity index (χ0) is 17.6. The monoisotopic (exact) mass is 428 g/mol. The number of benzene rings is 2. The Kier molecular flexibility index (Phi) is 5.32. The van der Waals surface area contributed by atoms with E-state index in [0.717, 1.165) is 26.1 Å². The number of hydrazine groups is 1. The van der Waals surface area contributed by atoms with Gasteiger partial charge in [-0.25, -0.2) is 10.0 Å². The highest BCUT2D eigenvalue weighted by Crippen LogP contribution is 2.52. The van der Waals surface area contributed by atoms with Gasteiger partial charge in [-0.1, -0.05) is 49.2 Å². The quantitative estimate of drug-likeness (QED) is 0.757. The van der Waals surface area contributed by atoms with Gasteiger partial charge < -0.3 is 5.11 Å². The third kappa shape index (κ3) is 3.22. The first-order valence-electron chi connectivity index (χ1n) is 10.1. The molecule has 3 aliphatic rings. The third-order valence-corrected chi connectivity index (χ3v) is 6.99. The van der Waals surface area contributed by atoms with Crippen LogP contribution < -0.4 is 0 Å². The van der Waals surface area contributed by atoms with Crippen molar-refractivity contribution in [1.29, 1.82) is 0 Å². The molecule has 2 aromatic rings. The van der Waals surface area contributed by atoms with Crippen molar-refractivity contribution in [1.82, 2.24) is 10.0 Å². The van der Waals surface area contributed by atoms with Crippen molar-refractivity contribution in [3.63, 3.8) is 0 Å². The lowest BCUT2D eigenvalue weighted by atomic mass is 9.60. The summed E-state index contributed by atoms with van der Waals surface area (Å²) >= 11 is 0. The largest absolute Gasteiger partial charge is 0.508 e. The molecule has 0 radical (unpaired) electrons. The molecule has 0 spiro atoms. The standard InChI is InChI=1S/C23H28N2O.BrH/c26-20-10-9-19-17-25-22-8-4-5-12-23(22,21(19)16-20)13-15-24(25)14-11-18-6-2-1-3-7-18;/h1-3,6-7,9-10,16,22,26H,4-5,8,11-15,17H2;1H/t22-,23+;/m1./s1. The van der Waals surface area contributed by atoms with Gasteiger partial charge in [-0.2, -0.15) is 0 Å². The first-order valence-corrected chi connectivity index (χ1v) is 10.1. The molecule has 27 heavy (non-hydrogen) atoms. The molecule has 4 heteroatoms. The fourth-order valence-electron chi connectivity index (χ4n) is 5.74.